The van der Waals surface area contributed by atoms with Crippen molar-refractivity contribution in [2.45, 2.75) is 38.8 Å². The van der Waals surface area contributed by atoms with E-state index in [9.17, 15) is 4.79 Å². The standard InChI is InChI=1S/C16H22N4O2/c1-3-16(2,9-10-21)17-15(22)12-20-11-14(18-19-20)13-7-5-4-6-8-13/h4-8,11,21H,3,9-10,12H2,1-2H3,(H,17,22). The minimum Gasteiger partial charge on any atom is -0.396 e. The summed E-state index contributed by atoms with van der Waals surface area (Å²) < 4.78 is 1.52. The molecule has 2 aromatic rings. The fourth-order valence-electron chi connectivity index (χ4n) is 2.21. The molecule has 1 amide bonds. The van der Waals surface area contributed by atoms with Gasteiger partial charge in [-0.15, -0.1) is 5.10 Å². The molecule has 0 aliphatic rings. The first-order valence-electron chi connectivity index (χ1n) is 7.44. The smallest absolute Gasteiger partial charge is 0.242 e. The zero-order valence-corrected chi connectivity index (χ0v) is 13.0. The second kappa shape index (κ2) is 7.17. The van der Waals surface area contributed by atoms with Gasteiger partial charge in [-0.25, -0.2) is 4.68 Å². The van der Waals surface area contributed by atoms with Crippen LogP contribution in [0, 0.1) is 0 Å². The largest absolute Gasteiger partial charge is 0.396 e. The maximum absolute atomic E-state index is 12.1. The Morgan fingerprint density at radius 1 is 1.36 bits per heavy atom. The van der Waals surface area contributed by atoms with E-state index >= 15 is 0 Å². The number of carbonyl (C=O) groups excluding carboxylic acids is 1. The van der Waals surface area contributed by atoms with Crippen LogP contribution in [0.3, 0.4) is 0 Å². The van der Waals surface area contributed by atoms with Crippen LogP contribution in [-0.4, -0.2) is 38.2 Å². The number of hydrogen-bond donors (Lipinski definition) is 2. The number of hydrogen-bond acceptors (Lipinski definition) is 4. The Hall–Kier alpha value is -2.21. The van der Waals surface area contributed by atoms with Gasteiger partial charge in [-0.3, -0.25) is 4.79 Å². The highest BCUT2D eigenvalue weighted by Crippen LogP contribution is 2.15. The Bertz CT molecular complexity index is 612. The lowest BCUT2D eigenvalue weighted by molar-refractivity contribution is -0.123. The van der Waals surface area contributed by atoms with Gasteiger partial charge in [-0.2, -0.15) is 0 Å². The van der Waals surface area contributed by atoms with Crippen LogP contribution in [0.4, 0.5) is 0 Å². The van der Waals surface area contributed by atoms with E-state index in [0.29, 0.717) is 6.42 Å². The number of aliphatic hydroxyl groups excluding tert-OH is 1. The topological polar surface area (TPSA) is 80.0 Å². The Morgan fingerprint density at radius 2 is 2.09 bits per heavy atom. The number of benzene rings is 1. The predicted molar refractivity (Wildman–Crippen MR) is 84.0 cm³/mol. The van der Waals surface area contributed by atoms with Gasteiger partial charge in [0.2, 0.25) is 5.91 Å². The van der Waals surface area contributed by atoms with Gasteiger partial charge in [-0.1, -0.05) is 42.5 Å². The first kappa shape index (κ1) is 16.2. The van der Waals surface area contributed by atoms with Crippen molar-refractivity contribution in [3.8, 4) is 11.3 Å². The van der Waals surface area contributed by atoms with Crippen molar-refractivity contribution in [3.05, 3.63) is 36.5 Å². The van der Waals surface area contributed by atoms with Crippen molar-refractivity contribution in [1.29, 1.82) is 0 Å². The summed E-state index contributed by atoms with van der Waals surface area (Å²) in [5, 5.41) is 20.1. The molecule has 2 N–H and O–H groups in total. The van der Waals surface area contributed by atoms with Gasteiger partial charge in [0.15, 0.2) is 0 Å². The van der Waals surface area contributed by atoms with Crippen LogP contribution in [0.2, 0.25) is 0 Å². The van der Waals surface area contributed by atoms with Crippen LogP contribution in [0.15, 0.2) is 36.5 Å². The van der Waals surface area contributed by atoms with Crippen molar-refractivity contribution >= 4 is 5.91 Å². The van der Waals surface area contributed by atoms with E-state index in [2.05, 4.69) is 15.6 Å². The SMILES string of the molecule is CCC(C)(CCO)NC(=O)Cn1cc(-c2ccccc2)nn1. The number of rotatable bonds is 7. The molecular formula is C16H22N4O2. The third-order valence-corrected chi connectivity index (χ3v) is 3.80. The molecule has 6 heteroatoms. The Labute approximate surface area is 130 Å². The summed E-state index contributed by atoms with van der Waals surface area (Å²) in [6.45, 7) is 4.07. The summed E-state index contributed by atoms with van der Waals surface area (Å²) >= 11 is 0. The third-order valence-electron chi connectivity index (χ3n) is 3.80. The number of carbonyl (C=O) groups is 1. The summed E-state index contributed by atoms with van der Waals surface area (Å²) in [5.74, 6) is -0.137. The Kier molecular flexibility index (Phi) is 5.27. The van der Waals surface area contributed by atoms with Gasteiger partial charge in [0.25, 0.3) is 0 Å². The van der Waals surface area contributed by atoms with E-state index < -0.39 is 5.54 Å². The van der Waals surface area contributed by atoms with E-state index in [1.165, 1.54) is 4.68 Å². The number of aromatic nitrogens is 3. The molecule has 0 fully saturated rings. The number of amides is 1. The van der Waals surface area contributed by atoms with E-state index in [1.807, 2.05) is 44.2 Å². The monoisotopic (exact) mass is 302 g/mol. The van der Waals surface area contributed by atoms with Crippen LogP contribution in [0.1, 0.15) is 26.7 Å². The summed E-state index contributed by atoms with van der Waals surface area (Å²) in [6, 6.07) is 9.70. The lowest BCUT2D eigenvalue weighted by atomic mass is 9.95. The molecule has 0 aliphatic carbocycles. The first-order chi connectivity index (χ1) is 10.6. The van der Waals surface area contributed by atoms with E-state index in [-0.39, 0.29) is 19.1 Å². The van der Waals surface area contributed by atoms with Crippen molar-refractivity contribution in [3.63, 3.8) is 0 Å². The number of nitrogens with zero attached hydrogens (tertiary/aromatic N) is 3. The minimum absolute atomic E-state index is 0.0477. The highest BCUT2D eigenvalue weighted by Gasteiger charge is 2.23. The number of nitrogens with one attached hydrogen (secondary N) is 1. The number of aliphatic hydroxyl groups is 1. The first-order valence-corrected chi connectivity index (χ1v) is 7.44. The van der Waals surface area contributed by atoms with Crippen LogP contribution < -0.4 is 5.32 Å². The third kappa shape index (κ3) is 4.14. The van der Waals surface area contributed by atoms with Gasteiger partial charge in [0.05, 0.1) is 6.20 Å². The van der Waals surface area contributed by atoms with Gasteiger partial charge in [-0.05, 0) is 19.8 Å². The Balaban J connectivity index is 1.99. The molecule has 0 bridgehead atoms. The van der Waals surface area contributed by atoms with E-state index in [1.54, 1.807) is 6.20 Å². The average molecular weight is 302 g/mol. The molecule has 118 valence electrons. The van der Waals surface area contributed by atoms with Crippen molar-refractivity contribution < 1.29 is 9.90 Å². The molecule has 1 atom stereocenters. The maximum atomic E-state index is 12.1. The molecule has 1 heterocycles. The molecule has 0 spiro atoms. The lowest BCUT2D eigenvalue weighted by Gasteiger charge is -2.28. The quantitative estimate of drug-likeness (QED) is 0.814. The van der Waals surface area contributed by atoms with Crippen molar-refractivity contribution in [2.75, 3.05) is 6.61 Å². The zero-order valence-electron chi connectivity index (χ0n) is 13.0. The van der Waals surface area contributed by atoms with Crippen LogP contribution in [0.5, 0.6) is 0 Å². The van der Waals surface area contributed by atoms with Crippen molar-refractivity contribution in [2.24, 2.45) is 0 Å². The van der Waals surface area contributed by atoms with Crippen LogP contribution in [0.25, 0.3) is 11.3 Å². The fraction of sp³-hybridized carbons (Fsp3) is 0.438. The molecule has 0 saturated carbocycles. The predicted octanol–water partition coefficient (Wildman–Crippen LogP) is 1.61. The molecule has 0 radical (unpaired) electrons. The summed E-state index contributed by atoms with van der Waals surface area (Å²) in [6.07, 6.45) is 3.04. The summed E-state index contributed by atoms with van der Waals surface area (Å²) in [7, 11) is 0. The van der Waals surface area contributed by atoms with Gasteiger partial charge >= 0.3 is 0 Å². The van der Waals surface area contributed by atoms with E-state index in [0.717, 1.165) is 17.7 Å². The fourth-order valence-corrected chi connectivity index (χ4v) is 2.21. The van der Waals surface area contributed by atoms with Crippen LogP contribution >= 0.6 is 0 Å². The second-order valence-corrected chi connectivity index (χ2v) is 5.60. The Morgan fingerprint density at radius 3 is 2.73 bits per heavy atom. The van der Waals surface area contributed by atoms with Gasteiger partial charge < -0.3 is 10.4 Å². The zero-order chi connectivity index (χ0) is 16.0. The molecule has 1 aromatic heterocycles. The van der Waals surface area contributed by atoms with Gasteiger partial charge in [0, 0.05) is 17.7 Å². The highest BCUT2D eigenvalue weighted by atomic mass is 16.3. The summed E-state index contributed by atoms with van der Waals surface area (Å²) in [5.41, 5.74) is 1.31. The molecular weight excluding hydrogens is 280 g/mol. The molecule has 6 nitrogen and oxygen atoms in total. The lowest BCUT2D eigenvalue weighted by Crippen LogP contribution is -2.47. The molecule has 0 aliphatic heterocycles. The summed E-state index contributed by atoms with van der Waals surface area (Å²) in [4.78, 5) is 12.1. The van der Waals surface area contributed by atoms with Crippen LogP contribution in [-0.2, 0) is 11.3 Å². The van der Waals surface area contributed by atoms with Gasteiger partial charge in [0.1, 0.15) is 12.2 Å². The molecule has 1 unspecified atom stereocenters. The normalized spacial score (nSPS) is 13.6. The van der Waals surface area contributed by atoms with Crippen molar-refractivity contribution in [1.82, 2.24) is 20.3 Å². The average Bonchev–Trinajstić information content (AvgIpc) is 2.96. The molecule has 22 heavy (non-hydrogen) atoms. The second-order valence-electron chi connectivity index (χ2n) is 5.60. The minimum atomic E-state index is -0.394. The van der Waals surface area contributed by atoms with E-state index in [4.69, 9.17) is 5.11 Å². The molecule has 0 saturated heterocycles. The molecule has 1 aromatic carbocycles. The maximum Gasteiger partial charge on any atom is 0.242 e. The highest BCUT2D eigenvalue weighted by molar-refractivity contribution is 5.76. The molecule has 2 rings (SSSR count).